The van der Waals surface area contributed by atoms with Crippen LogP contribution in [0.3, 0.4) is 0 Å². The van der Waals surface area contributed by atoms with Crippen molar-refractivity contribution in [3.8, 4) is 5.75 Å². The monoisotopic (exact) mass is 455 g/mol. The number of rotatable bonds is 7. The third kappa shape index (κ3) is 5.84. The lowest BCUT2D eigenvalue weighted by atomic mass is 10.2. The van der Waals surface area contributed by atoms with E-state index < -0.39 is 17.1 Å². The molecule has 1 aliphatic heterocycles. The molecule has 2 amide bonds. The highest BCUT2D eigenvalue weighted by Gasteiger charge is 2.36. The van der Waals surface area contributed by atoms with Crippen molar-refractivity contribution in [1.82, 2.24) is 4.90 Å². The second-order valence-corrected chi connectivity index (χ2v) is 8.18. The van der Waals surface area contributed by atoms with Crippen molar-refractivity contribution >= 4 is 50.9 Å². The van der Waals surface area contributed by atoms with Gasteiger partial charge in [0.25, 0.3) is 11.1 Å². The minimum Gasteiger partial charge on any atom is -0.490 e. The summed E-state index contributed by atoms with van der Waals surface area (Å²) in [6.07, 6.45) is 2.07. The van der Waals surface area contributed by atoms with Gasteiger partial charge in [-0.2, -0.15) is 0 Å². The van der Waals surface area contributed by atoms with E-state index in [-0.39, 0.29) is 23.7 Å². The number of nitrogens with zero attached hydrogens (tertiary/aromatic N) is 1. The summed E-state index contributed by atoms with van der Waals surface area (Å²) >= 11 is 4.25. The molecule has 1 aliphatic rings. The van der Waals surface area contributed by atoms with Crippen LogP contribution in [0.1, 0.15) is 39.7 Å². The van der Waals surface area contributed by atoms with Crippen LogP contribution in [0, 0.1) is 0 Å². The molecule has 6 nitrogen and oxygen atoms in total. The Bertz CT molecular complexity index is 777. The lowest BCUT2D eigenvalue weighted by molar-refractivity contribution is -0.150. The third-order valence-corrected chi connectivity index (χ3v) is 5.21. The van der Waals surface area contributed by atoms with Crippen LogP contribution in [0.15, 0.2) is 27.6 Å². The molecule has 1 atom stereocenters. The van der Waals surface area contributed by atoms with Crippen LogP contribution in [0.25, 0.3) is 6.08 Å². The predicted octanol–water partition coefficient (Wildman–Crippen LogP) is 4.61. The molecular weight excluding hydrogens is 434 g/mol. The maximum absolute atomic E-state index is 12.5. The number of hydrogen-bond donors (Lipinski definition) is 0. The molecule has 1 aromatic rings. The molecule has 0 bridgehead atoms. The Morgan fingerprint density at radius 1 is 1.30 bits per heavy atom. The average Bonchev–Trinajstić information content (AvgIpc) is 2.84. The van der Waals surface area contributed by atoms with Crippen molar-refractivity contribution in [2.45, 2.75) is 46.3 Å². The van der Waals surface area contributed by atoms with Gasteiger partial charge < -0.3 is 9.47 Å². The number of halogens is 1. The Hall–Kier alpha value is -1.80. The Kier molecular flexibility index (Phi) is 7.49. The van der Waals surface area contributed by atoms with E-state index in [4.69, 9.17) is 9.47 Å². The summed E-state index contributed by atoms with van der Waals surface area (Å²) < 4.78 is 11.5. The number of ether oxygens (including phenoxy) is 2. The summed E-state index contributed by atoms with van der Waals surface area (Å²) in [6, 6.07) is 5.40. The smallest absolute Gasteiger partial charge is 0.326 e. The zero-order valence-corrected chi connectivity index (χ0v) is 18.1. The van der Waals surface area contributed by atoms with Crippen LogP contribution in [0.5, 0.6) is 5.75 Å². The first kappa shape index (κ1) is 21.5. The van der Waals surface area contributed by atoms with Crippen molar-refractivity contribution in [1.29, 1.82) is 0 Å². The molecule has 0 aliphatic carbocycles. The summed E-state index contributed by atoms with van der Waals surface area (Å²) in [5, 5.41) is -0.480. The van der Waals surface area contributed by atoms with Crippen LogP contribution in [-0.2, 0) is 14.3 Å². The number of hydrogen-bond acceptors (Lipinski definition) is 6. The quantitative estimate of drug-likeness (QED) is 0.441. The van der Waals surface area contributed by atoms with Crippen LogP contribution in [0.4, 0.5) is 4.79 Å². The van der Waals surface area contributed by atoms with E-state index in [0.717, 1.165) is 26.7 Å². The maximum atomic E-state index is 12.5. The minimum absolute atomic E-state index is 0.0406. The van der Waals surface area contributed by atoms with Gasteiger partial charge in [-0.15, -0.1) is 0 Å². The van der Waals surface area contributed by atoms with Gasteiger partial charge >= 0.3 is 5.97 Å². The first-order chi connectivity index (χ1) is 12.7. The van der Waals surface area contributed by atoms with Gasteiger partial charge in [-0.25, -0.2) is 0 Å². The van der Waals surface area contributed by atoms with Gasteiger partial charge in [0.1, 0.15) is 12.3 Å². The minimum atomic E-state index is -0.592. The molecule has 1 fully saturated rings. The fourth-order valence-electron chi connectivity index (χ4n) is 2.22. The highest BCUT2D eigenvalue weighted by Crippen LogP contribution is 2.34. The van der Waals surface area contributed by atoms with Crippen LogP contribution in [-0.4, -0.2) is 40.8 Å². The summed E-state index contributed by atoms with van der Waals surface area (Å²) in [4.78, 5) is 37.6. The predicted molar refractivity (Wildman–Crippen MR) is 108 cm³/mol. The Morgan fingerprint density at radius 3 is 2.59 bits per heavy atom. The van der Waals surface area contributed by atoms with Crippen molar-refractivity contribution in [3.63, 3.8) is 0 Å². The fraction of sp³-hybridized carbons (Fsp3) is 0.421. The van der Waals surface area contributed by atoms with Gasteiger partial charge in [0, 0.05) is 0 Å². The number of imide groups is 1. The molecule has 1 heterocycles. The molecular formula is C19H22BrNO5S. The molecule has 0 unspecified atom stereocenters. The Labute approximate surface area is 171 Å². The largest absolute Gasteiger partial charge is 0.490 e. The molecule has 27 heavy (non-hydrogen) atoms. The standard InChI is InChI=1S/C19H22BrNO5S/c1-5-12(4)26-17(22)10-21-18(23)16(27-19(21)24)9-13-6-7-15(14(20)8-13)25-11(2)3/h6-9,11-12H,5,10H2,1-4H3/b16-9-/t12-/m1/s1. The highest BCUT2D eigenvalue weighted by atomic mass is 79.9. The SMILES string of the molecule is CC[C@@H](C)OC(=O)CN1C(=O)S/C(=C\c2ccc(OC(C)C)c(Br)c2)C1=O. The van der Waals surface area contributed by atoms with Crippen LogP contribution < -0.4 is 4.74 Å². The van der Waals surface area contributed by atoms with Gasteiger partial charge in [0.2, 0.25) is 0 Å². The van der Waals surface area contributed by atoms with Crippen LogP contribution >= 0.6 is 27.7 Å². The van der Waals surface area contributed by atoms with Crippen molar-refractivity contribution in [2.24, 2.45) is 0 Å². The number of thioether (sulfide) groups is 1. The highest BCUT2D eigenvalue weighted by molar-refractivity contribution is 9.10. The van der Waals surface area contributed by atoms with Gasteiger partial charge in [-0.1, -0.05) is 13.0 Å². The van der Waals surface area contributed by atoms with E-state index in [9.17, 15) is 14.4 Å². The number of esters is 1. The first-order valence-electron chi connectivity index (χ1n) is 8.62. The summed E-state index contributed by atoms with van der Waals surface area (Å²) in [5.74, 6) is -0.390. The molecule has 0 saturated carbocycles. The lowest BCUT2D eigenvalue weighted by Crippen LogP contribution is -2.35. The number of benzene rings is 1. The number of carbonyl (C=O) groups is 3. The Balaban J connectivity index is 2.11. The molecule has 0 aromatic heterocycles. The molecule has 0 radical (unpaired) electrons. The summed E-state index contributed by atoms with van der Waals surface area (Å²) in [6.45, 7) is 7.13. The molecule has 1 saturated heterocycles. The fourth-order valence-corrected chi connectivity index (χ4v) is 3.55. The van der Waals surface area contributed by atoms with E-state index in [2.05, 4.69) is 15.9 Å². The Morgan fingerprint density at radius 2 is 2.00 bits per heavy atom. The second-order valence-electron chi connectivity index (χ2n) is 6.33. The van der Waals surface area contributed by atoms with Crippen LogP contribution in [0.2, 0.25) is 0 Å². The van der Waals surface area contributed by atoms with Crippen molar-refractivity contribution < 1.29 is 23.9 Å². The normalized spacial score (nSPS) is 17.0. The zero-order valence-electron chi connectivity index (χ0n) is 15.7. The zero-order chi connectivity index (χ0) is 20.1. The molecule has 146 valence electrons. The van der Waals surface area contributed by atoms with E-state index in [1.165, 1.54) is 0 Å². The van der Waals surface area contributed by atoms with Gasteiger partial charge in [0.15, 0.2) is 0 Å². The van der Waals surface area contributed by atoms with Gasteiger partial charge in [-0.05, 0) is 78.7 Å². The first-order valence-corrected chi connectivity index (χ1v) is 10.2. The molecule has 1 aromatic carbocycles. The third-order valence-electron chi connectivity index (χ3n) is 3.68. The number of carbonyl (C=O) groups excluding carboxylic acids is 3. The second kappa shape index (κ2) is 9.41. The van der Waals surface area contributed by atoms with E-state index in [0.29, 0.717) is 12.2 Å². The average molecular weight is 456 g/mol. The summed E-state index contributed by atoms with van der Waals surface area (Å²) in [7, 11) is 0. The topological polar surface area (TPSA) is 72.9 Å². The van der Waals surface area contributed by atoms with E-state index in [1.807, 2.05) is 26.8 Å². The van der Waals surface area contributed by atoms with E-state index >= 15 is 0 Å². The maximum Gasteiger partial charge on any atom is 0.326 e. The van der Waals surface area contributed by atoms with Gasteiger partial charge in [0.05, 0.1) is 21.6 Å². The van der Waals surface area contributed by atoms with E-state index in [1.54, 1.807) is 25.1 Å². The molecule has 0 spiro atoms. The summed E-state index contributed by atoms with van der Waals surface area (Å²) in [5.41, 5.74) is 0.741. The van der Waals surface area contributed by atoms with Crippen molar-refractivity contribution in [2.75, 3.05) is 6.54 Å². The molecule has 2 rings (SSSR count). The van der Waals surface area contributed by atoms with Gasteiger partial charge in [-0.3, -0.25) is 19.3 Å². The molecule has 0 N–H and O–H groups in total. The number of amides is 2. The lowest BCUT2D eigenvalue weighted by Gasteiger charge is -2.14. The van der Waals surface area contributed by atoms with Crippen molar-refractivity contribution in [3.05, 3.63) is 33.1 Å². The molecule has 8 heteroatoms.